The Morgan fingerprint density at radius 3 is 2.00 bits per heavy atom. The van der Waals surface area contributed by atoms with Gasteiger partial charge in [0.05, 0.1) is 51.8 Å². The summed E-state index contributed by atoms with van der Waals surface area (Å²) >= 11 is 0. The van der Waals surface area contributed by atoms with Gasteiger partial charge in [0.25, 0.3) is 0 Å². The lowest BCUT2D eigenvalue weighted by Gasteiger charge is -2.06. The summed E-state index contributed by atoms with van der Waals surface area (Å²) in [6.07, 6.45) is 0. The van der Waals surface area contributed by atoms with Gasteiger partial charge < -0.3 is 24.4 Å². The van der Waals surface area contributed by atoms with Crippen LogP contribution in [0.25, 0.3) is 0 Å². The van der Waals surface area contributed by atoms with Crippen molar-refractivity contribution >= 4 is 5.97 Å². The van der Waals surface area contributed by atoms with Crippen molar-refractivity contribution in [3.05, 3.63) is 12.2 Å². The molecular weight excluding hydrogens is 216 g/mol. The topological polar surface area (TPSA) is 85.2 Å². The van der Waals surface area contributed by atoms with E-state index in [1.807, 2.05) is 0 Å². The number of hydrogen-bond acceptors (Lipinski definition) is 5. The van der Waals surface area contributed by atoms with Crippen molar-refractivity contribution in [1.82, 2.24) is 0 Å². The van der Waals surface area contributed by atoms with E-state index in [4.69, 9.17) is 24.4 Å². The first-order chi connectivity index (χ1) is 7.68. The second-order valence-electron chi connectivity index (χ2n) is 2.91. The predicted octanol–water partition coefficient (Wildman–Crippen LogP) is -0.331. The number of hydrogen-bond donors (Lipinski definition) is 2. The Morgan fingerprint density at radius 1 is 1.00 bits per heavy atom. The molecule has 0 unspecified atom stereocenters. The number of ether oxygens (including phenoxy) is 3. The fourth-order valence-electron chi connectivity index (χ4n) is 0.761. The van der Waals surface area contributed by atoms with Gasteiger partial charge in [0.1, 0.15) is 0 Å². The van der Waals surface area contributed by atoms with E-state index in [-0.39, 0.29) is 18.8 Å². The van der Waals surface area contributed by atoms with Crippen LogP contribution in [0.4, 0.5) is 0 Å². The van der Waals surface area contributed by atoms with Crippen molar-refractivity contribution in [3.8, 4) is 0 Å². The third-order valence-corrected chi connectivity index (χ3v) is 1.56. The molecular formula is C10H18O6. The average Bonchev–Trinajstić information content (AvgIpc) is 2.26. The molecule has 0 heterocycles. The van der Waals surface area contributed by atoms with Crippen LogP contribution in [0.3, 0.4) is 0 Å². The number of carboxylic acid groups (broad SMARTS) is 1. The molecule has 0 aromatic carbocycles. The summed E-state index contributed by atoms with van der Waals surface area (Å²) in [4.78, 5) is 10.3. The van der Waals surface area contributed by atoms with E-state index in [9.17, 15) is 4.79 Å². The first-order valence-electron chi connectivity index (χ1n) is 4.93. The van der Waals surface area contributed by atoms with Gasteiger partial charge >= 0.3 is 5.97 Å². The zero-order chi connectivity index (χ0) is 12.2. The Bertz CT molecular complexity index is 203. The fraction of sp³-hybridized carbons (Fsp3) is 0.700. The lowest BCUT2D eigenvalue weighted by Crippen LogP contribution is -2.13. The minimum Gasteiger partial charge on any atom is -0.478 e. The molecule has 16 heavy (non-hydrogen) atoms. The minimum absolute atomic E-state index is 0.000292. The van der Waals surface area contributed by atoms with Crippen LogP contribution in [-0.2, 0) is 19.0 Å². The van der Waals surface area contributed by atoms with Crippen LogP contribution in [0.15, 0.2) is 12.2 Å². The van der Waals surface area contributed by atoms with Gasteiger partial charge in [0.15, 0.2) is 0 Å². The highest BCUT2D eigenvalue weighted by Gasteiger charge is 2.02. The molecule has 0 spiro atoms. The summed E-state index contributed by atoms with van der Waals surface area (Å²) in [6.45, 7) is 5.14. The fourth-order valence-corrected chi connectivity index (χ4v) is 0.761. The Morgan fingerprint density at radius 2 is 1.50 bits per heavy atom. The van der Waals surface area contributed by atoms with Gasteiger partial charge in [0.2, 0.25) is 0 Å². The number of aliphatic hydroxyl groups is 1. The molecule has 6 nitrogen and oxygen atoms in total. The standard InChI is InChI=1S/C10H18O6/c1-9(10(12)13)8-16-7-6-15-5-4-14-3-2-11/h11H,1-8H2,(H,12,13). The highest BCUT2D eigenvalue weighted by molar-refractivity contribution is 5.85. The Hall–Kier alpha value is -0.950. The zero-order valence-corrected chi connectivity index (χ0v) is 9.18. The normalized spacial score (nSPS) is 10.3. The summed E-state index contributed by atoms with van der Waals surface area (Å²) in [5, 5.41) is 16.9. The van der Waals surface area contributed by atoms with Crippen molar-refractivity contribution < 1.29 is 29.2 Å². The second-order valence-corrected chi connectivity index (χ2v) is 2.91. The largest absolute Gasteiger partial charge is 0.478 e. The van der Waals surface area contributed by atoms with Crippen molar-refractivity contribution in [2.45, 2.75) is 0 Å². The minimum atomic E-state index is -1.06. The molecule has 0 saturated heterocycles. The third kappa shape index (κ3) is 9.60. The van der Waals surface area contributed by atoms with E-state index in [0.717, 1.165) is 0 Å². The van der Waals surface area contributed by atoms with Crippen LogP contribution in [0.5, 0.6) is 0 Å². The quantitative estimate of drug-likeness (QED) is 0.376. The van der Waals surface area contributed by atoms with E-state index in [2.05, 4.69) is 6.58 Å². The molecule has 0 saturated carbocycles. The van der Waals surface area contributed by atoms with E-state index < -0.39 is 5.97 Å². The van der Waals surface area contributed by atoms with Gasteiger partial charge in [-0.2, -0.15) is 0 Å². The van der Waals surface area contributed by atoms with Gasteiger partial charge in [-0.3, -0.25) is 0 Å². The van der Waals surface area contributed by atoms with Crippen LogP contribution in [0, 0.1) is 0 Å². The summed E-state index contributed by atoms with van der Waals surface area (Å²) < 4.78 is 15.1. The van der Waals surface area contributed by atoms with Crippen molar-refractivity contribution in [2.24, 2.45) is 0 Å². The van der Waals surface area contributed by atoms with Crippen LogP contribution in [-0.4, -0.2) is 62.4 Å². The number of rotatable bonds is 11. The Balaban J connectivity index is 3.10. The van der Waals surface area contributed by atoms with E-state index in [1.54, 1.807) is 0 Å². The van der Waals surface area contributed by atoms with Gasteiger partial charge in [-0.15, -0.1) is 0 Å². The van der Waals surface area contributed by atoms with Gasteiger partial charge in [-0.1, -0.05) is 6.58 Å². The third-order valence-electron chi connectivity index (χ3n) is 1.56. The predicted molar refractivity (Wildman–Crippen MR) is 56.3 cm³/mol. The van der Waals surface area contributed by atoms with Crippen molar-refractivity contribution in [2.75, 3.05) is 46.2 Å². The average molecular weight is 234 g/mol. The summed E-state index contributed by atoms with van der Waals surface area (Å²) in [7, 11) is 0. The van der Waals surface area contributed by atoms with E-state index in [0.29, 0.717) is 33.0 Å². The van der Waals surface area contributed by atoms with Crippen molar-refractivity contribution in [1.29, 1.82) is 0 Å². The molecule has 0 amide bonds. The molecule has 0 aliphatic heterocycles. The van der Waals surface area contributed by atoms with Crippen LogP contribution >= 0.6 is 0 Å². The number of carbonyl (C=O) groups is 1. The molecule has 0 radical (unpaired) electrons. The molecule has 94 valence electrons. The molecule has 0 aliphatic rings. The maximum absolute atomic E-state index is 10.3. The van der Waals surface area contributed by atoms with Gasteiger partial charge in [-0.25, -0.2) is 4.79 Å². The maximum atomic E-state index is 10.3. The summed E-state index contributed by atoms with van der Waals surface area (Å²) in [5.41, 5.74) is 0.0197. The van der Waals surface area contributed by atoms with Gasteiger partial charge in [0, 0.05) is 0 Å². The monoisotopic (exact) mass is 234 g/mol. The highest BCUT2D eigenvalue weighted by atomic mass is 16.5. The number of aliphatic carboxylic acids is 1. The SMILES string of the molecule is C=C(COCCOCCOCCO)C(=O)O. The molecule has 0 rings (SSSR count). The maximum Gasteiger partial charge on any atom is 0.333 e. The summed E-state index contributed by atoms with van der Waals surface area (Å²) in [6, 6.07) is 0. The Labute approximate surface area is 94.4 Å². The van der Waals surface area contributed by atoms with Crippen LogP contribution in [0.1, 0.15) is 0 Å². The lowest BCUT2D eigenvalue weighted by atomic mass is 10.3. The van der Waals surface area contributed by atoms with E-state index >= 15 is 0 Å². The Kier molecular flexibility index (Phi) is 9.94. The molecule has 0 fully saturated rings. The molecule has 0 aromatic rings. The zero-order valence-electron chi connectivity index (χ0n) is 9.18. The molecule has 0 aliphatic carbocycles. The first kappa shape index (κ1) is 15.0. The van der Waals surface area contributed by atoms with Crippen molar-refractivity contribution in [3.63, 3.8) is 0 Å². The lowest BCUT2D eigenvalue weighted by molar-refractivity contribution is -0.133. The first-order valence-corrected chi connectivity index (χ1v) is 4.93. The van der Waals surface area contributed by atoms with Gasteiger partial charge in [-0.05, 0) is 0 Å². The number of carboxylic acids is 1. The highest BCUT2D eigenvalue weighted by Crippen LogP contribution is 1.91. The molecule has 2 N–H and O–H groups in total. The molecule has 0 aromatic heterocycles. The van der Waals surface area contributed by atoms with E-state index in [1.165, 1.54) is 0 Å². The summed E-state index contributed by atoms with van der Waals surface area (Å²) in [5.74, 6) is -1.06. The second kappa shape index (κ2) is 10.6. The smallest absolute Gasteiger partial charge is 0.333 e. The molecule has 0 atom stereocenters. The molecule has 6 heteroatoms. The van der Waals surface area contributed by atoms with Crippen LogP contribution < -0.4 is 0 Å². The van der Waals surface area contributed by atoms with Crippen LogP contribution in [0.2, 0.25) is 0 Å². The number of aliphatic hydroxyl groups excluding tert-OH is 1. The molecule has 0 bridgehead atoms.